The van der Waals surface area contributed by atoms with Gasteiger partial charge in [0.25, 0.3) is 10.1 Å². The van der Waals surface area contributed by atoms with E-state index in [1.165, 1.54) is 70.6 Å². The van der Waals surface area contributed by atoms with Gasteiger partial charge in [0, 0.05) is 0 Å². The third kappa shape index (κ3) is 25.8. The van der Waals surface area contributed by atoms with Crippen molar-refractivity contribution in [2.45, 2.75) is 129 Å². The molecule has 0 aliphatic heterocycles. The van der Waals surface area contributed by atoms with E-state index in [1.54, 1.807) is 0 Å². The fourth-order valence-electron chi connectivity index (χ4n) is 3.45. The van der Waals surface area contributed by atoms with Gasteiger partial charge in [-0.25, -0.2) is 0 Å². The summed E-state index contributed by atoms with van der Waals surface area (Å²) in [7, 11) is -3.36. The Balaban J connectivity index is 0. The van der Waals surface area contributed by atoms with Crippen molar-refractivity contribution in [1.82, 2.24) is 6.15 Å². The maximum absolute atomic E-state index is 12.0. The molecule has 0 unspecified atom stereocenters. The minimum Gasteiger partial charge on any atom is -0.344 e. The first-order valence-corrected chi connectivity index (χ1v) is 13.6. The first-order valence-electron chi connectivity index (χ1n) is 12.1. The van der Waals surface area contributed by atoms with Gasteiger partial charge in [-0.1, -0.05) is 110 Å². The van der Waals surface area contributed by atoms with Crippen LogP contribution in [0.15, 0.2) is 0 Å². The summed E-state index contributed by atoms with van der Waals surface area (Å²) in [4.78, 5) is 0. The van der Waals surface area contributed by atoms with Crippen molar-refractivity contribution in [3.63, 3.8) is 0 Å². The van der Waals surface area contributed by atoms with Gasteiger partial charge in [0.05, 0.1) is 19.0 Å². The maximum Gasteiger partial charge on any atom is 0.267 e. The molecule has 0 aromatic rings. The zero-order chi connectivity index (χ0) is 20.8. The quantitative estimate of drug-likeness (QED) is 0.130. The Morgan fingerprint density at radius 3 is 1.41 bits per heavy atom. The number of hydrogen-bond donors (Lipinski definition) is 1. The van der Waals surface area contributed by atoms with Gasteiger partial charge in [-0.3, -0.25) is 8.57 Å². The van der Waals surface area contributed by atoms with E-state index in [0.29, 0.717) is 19.4 Å². The van der Waals surface area contributed by atoms with Crippen LogP contribution in [0.2, 0.25) is 0 Å². The largest absolute Gasteiger partial charge is 0.344 e. The molecule has 0 saturated carbocycles. The highest BCUT2D eigenvalue weighted by Gasteiger charge is 2.10. The SMILES string of the molecule is CCCCCCCCCCCCCCCOS(=O)(=O)CCCCCCCCF.N. The van der Waals surface area contributed by atoms with Gasteiger partial charge < -0.3 is 6.15 Å². The molecule has 29 heavy (non-hydrogen) atoms. The highest BCUT2D eigenvalue weighted by atomic mass is 32.2. The van der Waals surface area contributed by atoms with Gasteiger partial charge in [-0.2, -0.15) is 8.42 Å². The summed E-state index contributed by atoms with van der Waals surface area (Å²) in [5, 5.41) is 0. The molecule has 0 heterocycles. The Morgan fingerprint density at radius 1 is 0.586 bits per heavy atom. The van der Waals surface area contributed by atoms with Crippen LogP contribution in [0.4, 0.5) is 4.39 Å². The molecule has 0 bridgehead atoms. The zero-order valence-electron chi connectivity index (χ0n) is 19.3. The third-order valence-corrected chi connectivity index (χ3v) is 6.60. The third-order valence-electron chi connectivity index (χ3n) is 5.29. The van der Waals surface area contributed by atoms with Crippen molar-refractivity contribution in [1.29, 1.82) is 0 Å². The topological polar surface area (TPSA) is 78.4 Å². The molecule has 0 aromatic heterocycles. The van der Waals surface area contributed by atoms with Gasteiger partial charge in [0.1, 0.15) is 0 Å². The summed E-state index contributed by atoms with van der Waals surface area (Å²) in [5.41, 5.74) is 0. The van der Waals surface area contributed by atoms with Crippen LogP contribution < -0.4 is 6.15 Å². The van der Waals surface area contributed by atoms with Gasteiger partial charge in [0.2, 0.25) is 0 Å². The summed E-state index contributed by atoms with van der Waals surface area (Å²) in [6, 6.07) is 0. The van der Waals surface area contributed by atoms with E-state index in [1.807, 2.05) is 0 Å². The Morgan fingerprint density at radius 2 is 0.966 bits per heavy atom. The summed E-state index contributed by atoms with van der Waals surface area (Å²) in [6.07, 6.45) is 21.6. The number of alkyl halides is 1. The lowest BCUT2D eigenvalue weighted by molar-refractivity contribution is 0.305. The van der Waals surface area contributed by atoms with E-state index >= 15 is 0 Å². The van der Waals surface area contributed by atoms with Crippen molar-refractivity contribution < 1.29 is 17.0 Å². The minimum absolute atomic E-state index is 0. The molecule has 0 spiro atoms. The van der Waals surface area contributed by atoms with Crippen LogP contribution in [0.3, 0.4) is 0 Å². The molecule has 0 radical (unpaired) electrons. The average molecular weight is 440 g/mol. The molecule has 178 valence electrons. The van der Waals surface area contributed by atoms with E-state index in [2.05, 4.69) is 6.92 Å². The van der Waals surface area contributed by atoms with E-state index < -0.39 is 10.1 Å². The van der Waals surface area contributed by atoms with Gasteiger partial charge in [-0.05, 0) is 19.3 Å². The number of unbranched alkanes of at least 4 members (excludes halogenated alkanes) is 17. The maximum atomic E-state index is 12.0. The van der Waals surface area contributed by atoms with E-state index in [4.69, 9.17) is 4.18 Å². The van der Waals surface area contributed by atoms with Crippen LogP contribution in [-0.4, -0.2) is 27.5 Å². The zero-order valence-corrected chi connectivity index (χ0v) is 20.1. The first kappa shape index (κ1) is 31.0. The van der Waals surface area contributed by atoms with Crippen LogP contribution in [0, 0.1) is 0 Å². The van der Waals surface area contributed by atoms with Crippen LogP contribution in [0.5, 0.6) is 0 Å². The molecule has 6 heteroatoms. The summed E-state index contributed by atoms with van der Waals surface area (Å²) in [5.74, 6) is 0.120. The highest BCUT2D eigenvalue weighted by molar-refractivity contribution is 7.86. The molecule has 0 aliphatic carbocycles. The summed E-state index contributed by atoms with van der Waals surface area (Å²) >= 11 is 0. The molecule has 0 fully saturated rings. The van der Waals surface area contributed by atoms with Crippen molar-refractivity contribution >= 4 is 10.1 Å². The summed E-state index contributed by atoms with van der Waals surface area (Å²) in [6.45, 7) is 2.34. The molecule has 0 saturated heterocycles. The lowest BCUT2D eigenvalue weighted by Gasteiger charge is -2.06. The van der Waals surface area contributed by atoms with Gasteiger partial charge in [-0.15, -0.1) is 0 Å². The molecule has 0 aliphatic rings. The monoisotopic (exact) mass is 439 g/mol. The fraction of sp³-hybridized carbons (Fsp3) is 1.00. The smallest absolute Gasteiger partial charge is 0.267 e. The number of halogens is 1. The second-order valence-corrected chi connectivity index (χ2v) is 9.90. The predicted molar refractivity (Wildman–Crippen MR) is 124 cm³/mol. The normalized spacial score (nSPS) is 11.5. The van der Waals surface area contributed by atoms with Crippen LogP contribution in [0.25, 0.3) is 0 Å². The van der Waals surface area contributed by atoms with Crippen LogP contribution in [0.1, 0.15) is 129 Å². The number of hydrogen-bond acceptors (Lipinski definition) is 4. The highest BCUT2D eigenvalue weighted by Crippen LogP contribution is 2.13. The Labute approximate surface area is 181 Å². The lowest BCUT2D eigenvalue weighted by atomic mass is 10.0. The number of rotatable bonds is 23. The molecule has 3 N–H and O–H groups in total. The van der Waals surface area contributed by atoms with Crippen LogP contribution >= 0.6 is 0 Å². The first-order chi connectivity index (χ1) is 13.6. The van der Waals surface area contributed by atoms with Crippen molar-refractivity contribution in [2.24, 2.45) is 0 Å². The Bertz CT molecular complexity index is 405. The van der Waals surface area contributed by atoms with Crippen molar-refractivity contribution in [3.05, 3.63) is 0 Å². The van der Waals surface area contributed by atoms with Gasteiger partial charge in [0.15, 0.2) is 0 Å². The molecule has 0 rings (SSSR count). The van der Waals surface area contributed by atoms with E-state index in [9.17, 15) is 12.8 Å². The van der Waals surface area contributed by atoms with E-state index in [0.717, 1.165) is 38.5 Å². The fourth-order valence-corrected chi connectivity index (χ4v) is 4.49. The van der Waals surface area contributed by atoms with Gasteiger partial charge >= 0.3 is 0 Å². The molecule has 0 aromatic carbocycles. The van der Waals surface area contributed by atoms with E-state index in [-0.39, 0.29) is 18.6 Å². The molecule has 0 atom stereocenters. The Kier molecular flexibility index (Phi) is 25.7. The average Bonchev–Trinajstić information content (AvgIpc) is 2.67. The predicted octanol–water partition coefficient (Wildman–Crippen LogP) is 7.90. The standard InChI is InChI=1S/C23H47FO3S.H3N/c1-2-3-4-5-6-7-8-9-10-11-13-16-19-22-27-28(25,26)23-20-17-14-12-15-18-21-24;/h2-23H2,1H3;1H3. The molecule has 0 amide bonds. The second kappa shape index (κ2) is 24.1. The Hall–Kier alpha value is -0.200. The lowest BCUT2D eigenvalue weighted by Crippen LogP contribution is -2.11. The molecule has 4 nitrogen and oxygen atoms in total. The molecular weight excluding hydrogens is 389 g/mol. The molecular formula is C23H50FNO3S. The van der Waals surface area contributed by atoms with Crippen molar-refractivity contribution in [3.8, 4) is 0 Å². The second-order valence-electron chi connectivity index (χ2n) is 8.14. The van der Waals surface area contributed by atoms with Crippen LogP contribution in [-0.2, 0) is 14.3 Å². The van der Waals surface area contributed by atoms with Crippen molar-refractivity contribution in [2.75, 3.05) is 19.0 Å². The summed E-state index contributed by atoms with van der Waals surface area (Å²) < 4.78 is 40.7. The minimum atomic E-state index is -3.36.